The Bertz CT molecular complexity index is 551. The van der Waals surface area contributed by atoms with E-state index in [0.717, 1.165) is 24.4 Å². The van der Waals surface area contributed by atoms with Crippen molar-refractivity contribution in [2.45, 2.75) is 19.8 Å². The van der Waals surface area contributed by atoms with Crippen LogP contribution in [-0.2, 0) is 9.59 Å². The van der Waals surface area contributed by atoms with Gasteiger partial charge in [-0.3, -0.25) is 14.4 Å². The Morgan fingerprint density at radius 3 is 2.57 bits per heavy atom. The molecule has 9 heteroatoms. The van der Waals surface area contributed by atoms with Gasteiger partial charge in [0.2, 0.25) is 0 Å². The van der Waals surface area contributed by atoms with Crippen LogP contribution in [0.3, 0.4) is 0 Å². The average molecular weight is 311 g/mol. The summed E-state index contributed by atoms with van der Waals surface area (Å²) in [5, 5.41) is 6.34. The van der Waals surface area contributed by atoms with E-state index < -0.39 is 11.8 Å². The van der Waals surface area contributed by atoms with E-state index in [-0.39, 0.29) is 11.8 Å². The number of nitrogens with zero attached hydrogens (tertiary/aromatic N) is 3. The first-order valence-corrected chi connectivity index (χ1v) is 7.42. The number of piperidine rings is 1. The number of nitrogens with two attached hydrogens (primary N) is 1. The third-order valence-electron chi connectivity index (χ3n) is 3.52. The first kappa shape index (κ1) is 15.4. The quantitative estimate of drug-likeness (QED) is 0.716. The van der Waals surface area contributed by atoms with Crippen LogP contribution in [0.15, 0.2) is 0 Å². The van der Waals surface area contributed by atoms with Crippen LogP contribution >= 0.6 is 11.5 Å². The summed E-state index contributed by atoms with van der Waals surface area (Å²) in [6, 6.07) is 0. The minimum absolute atomic E-state index is 0.0397. The zero-order valence-corrected chi connectivity index (χ0v) is 12.5. The molecule has 1 aromatic rings. The number of nitrogens with one attached hydrogen (secondary N) is 1. The van der Waals surface area contributed by atoms with Crippen LogP contribution in [0.5, 0.6) is 0 Å². The Hall–Kier alpha value is -2.03. The van der Waals surface area contributed by atoms with Gasteiger partial charge >= 0.3 is 11.8 Å². The summed E-state index contributed by atoms with van der Waals surface area (Å²) in [6.45, 7) is 3.41. The third kappa shape index (κ3) is 3.75. The van der Waals surface area contributed by atoms with Crippen molar-refractivity contribution in [1.82, 2.24) is 19.8 Å². The molecular formula is C12H17N5O3S. The molecule has 3 N–H and O–H groups in total. The number of likely N-dealkylation sites (tertiary alicyclic amines) is 1. The van der Waals surface area contributed by atoms with Crippen molar-refractivity contribution in [3.63, 3.8) is 0 Å². The van der Waals surface area contributed by atoms with Crippen LogP contribution in [0.1, 0.15) is 28.2 Å². The normalized spacial score (nSPS) is 15.8. The molecule has 1 saturated heterocycles. The van der Waals surface area contributed by atoms with Gasteiger partial charge in [0.1, 0.15) is 4.88 Å². The van der Waals surface area contributed by atoms with Crippen molar-refractivity contribution in [2.24, 2.45) is 11.7 Å². The SMILES string of the molecule is Cc1nnsc1C(=O)N1CCC(CNC(=O)C(N)=O)CC1. The highest BCUT2D eigenvalue weighted by atomic mass is 32.1. The van der Waals surface area contributed by atoms with Crippen LogP contribution in [-0.4, -0.2) is 51.8 Å². The van der Waals surface area contributed by atoms with E-state index in [9.17, 15) is 14.4 Å². The minimum atomic E-state index is -0.976. The second-order valence-electron chi connectivity index (χ2n) is 5.00. The highest BCUT2D eigenvalue weighted by Gasteiger charge is 2.26. The second kappa shape index (κ2) is 6.61. The molecule has 114 valence electrons. The van der Waals surface area contributed by atoms with E-state index in [4.69, 9.17) is 5.73 Å². The molecular weight excluding hydrogens is 294 g/mol. The van der Waals surface area contributed by atoms with E-state index in [1.54, 1.807) is 11.8 Å². The Morgan fingerprint density at radius 2 is 2.05 bits per heavy atom. The van der Waals surface area contributed by atoms with Gasteiger partial charge in [-0.25, -0.2) is 0 Å². The molecule has 2 heterocycles. The van der Waals surface area contributed by atoms with Gasteiger partial charge in [0.05, 0.1) is 5.69 Å². The number of carbonyl (C=O) groups excluding carboxylic acids is 3. The number of amides is 3. The summed E-state index contributed by atoms with van der Waals surface area (Å²) in [5.41, 5.74) is 5.52. The van der Waals surface area contributed by atoms with Gasteiger partial charge < -0.3 is 16.0 Å². The molecule has 0 spiro atoms. The van der Waals surface area contributed by atoms with Gasteiger partial charge in [-0.2, -0.15) is 0 Å². The number of carbonyl (C=O) groups is 3. The van der Waals surface area contributed by atoms with Crippen LogP contribution < -0.4 is 11.1 Å². The van der Waals surface area contributed by atoms with Crippen LogP contribution in [0, 0.1) is 12.8 Å². The molecule has 2 rings (SSSR count). The minimum Gasteiger partial charge on any atom is -0.361 e. The van der Waals surface area contributed by atoms with Gasteiger partial charge in [0.15, 0.2) is 0 Å². The van der Waals surface area contributed by atoms with E-state index in [0.29, 0.717) is 30.2 Å². The molecule has 0 saturated carbocycles. The van der Waals surface area contributed by atoms with Crippen LogP contribution in [0.4, 0.5) is 0 Å². The number of hydrogen-bond donors (Lipinski definition) is 2. The monoisotopic (exact) mass is 311 g/mol. The van der Waals surface area contributed by atoms with Gasteiger partial charge in [-0.15, -0.1) is 5.10 Å². The topological polar surface area (TPSA) is 118 Å². The Labute approximate surface area is 125 Å². The molecule has 0 unspecified atom stereocenters. The fourth-order valence-corrected chi connectivity index (χ4v) is 2.86. The number of rotatable bonds is 3. The molecule has 1 fully saturated rings. The summed E-state index contributed by atoms with van der Waals surface area (Å²) in [7, 11) is 0. The fraction of sp³-hybridized carbons (Fsp3) is 0.583. The highest BCUT2D eigenvalue weighted by Crippen LogP contribution is 2.20. The highest BCUT2D eigenvalue weighted by molar-refractivity contribution is 7.07. The smallest absolute Gasteiger partial charge is 0.309 e. The van der Waals surface area contributed by atoms with Crippen molar-refractivity contribution in [3.05, 3.63) is 10.6 Å². The molecule has 21 heavy (non-hydrogen) atoms. The molecule has 0 bridgehead atoms. The molecule has 1 aliphatic rings. The number of aromatic nitrogens is 2. The predicted molar refractivity (Wildman–Crippen MR) is 75.5 cm³/mol. The van der Waals surface area contributed by atoms with E-state index in [1.165, 1.54) is 0 Å². The molecule has 0 atom stereocenters. The van der Waals surface area contributed by atoms with Gasteiger partial charge in [0, 0.05) is 19.6 Å². The number of aryl methyl sites for hydroxylation is 1. The zero-order valence-electron chi connectivity index (χ0n) is 11.7. The standard InChI is InChI=1S/C12H17N5O3S/c1-7-9(21-16-15-7)12(20)17-4-2-8(3-5-17)6-14-11(19)10(13)18/h8H,2-6H2,1H3,(H2,13,18)(H,14,19). The van der Waals surface area contributed by atoms with Crippen molar-refractivity contribution >= 4 is 29.3 Å². The maximum absolute atomic E-state index is 12.3. The molecule has 8 nitrogen and oxygen atoms in total. The summed E-state index contributed by atoms with van der Waals surface area (Å²) in [5.74, 6) is -1.53. The molecule has 1 aliphatic heterocycles. The van der Waals surface area contributed by atoms with Crippen molar-refractivity contribution in [2.75, 3.05) is 19.6 Å². The average Bonchev–Trinajstić information content (AvgIpc) is 2.90. The Balaban J connectivity index is 1.81. The van der Waals surface area contributed by atoms with E-state index >= 15 is 0 Å². The summed E-state index contributed by atoms with van der Waals surface area (Å²) >= 11 is 1.11. The fourth-order valence-electron chi connectivity index (χ4n) is 2.24. The maximum atomic E-state index is 12.3. The summed E-state index contributed by atoms with van der Waals surface area (Å²) in [4.78, 5) is 36.3. The first-order valence-electron chi connectivity index (χ1n) is 6.65. The summed E-state index contributed by atoms with van der Waals surface area (Å²) < 4.78 is 3.77. The van der Waals surface area contributed by atoms with E-state index in [2.05, 4.69) is 14.9 Å². The van der Waals surface area contributed by atoms with Gasteiger partial charge in [-0.1, -0.05) is 4.49 Å². The maximum Gasteiger partial charge on any atom is 0.309 e. The third-order valence-corrected chi connectivity index (χ3v) is 4.34. The van der Waals surface area contributed by atoms with Crippen molar-refractivity contribution < 1.29 is 14.4 Å². The lowest BCUT2D eigenvalue weighted by Crippen LogP contribution is -2.43. The molecule has 0 radical (unpaired) electrons. The second-order valence-corrected chi connectivity index (χ2v) is 5.75. The molecule has 0 aliphatic carbocycles. The van der Waals surface area contributed by atoms with Gasteiger partial charge in [0.25, 0.3) is 5.91 Å². The van der Waals surface area contributed by atoms with Crippen LogP contribution in [0.25, 0.3) is 0 Å². The lowest BCUT2D eigenvalue weighted by Gasteiger charge is -2.31. The zero-order chi connectivity index (χ0) is 15.4. The summed E-state index contributed by atoms with van der Waals surface area (Å²) in [6.07, 6.45) is 1.55. The molecule has 0 aromatic carbocycles. The number of hydrogen-bond acceptors (Lipinski definition) is 6. The first-order chi connectivity index (χ1) is 9.99. The van der Waals surface area contributed by atoms with E-state index in [1.807, 2.05) is 0 Å². The lowest BCUT2D eigenvalue weighted by molar-refractivity contribution is -0.137. The molecule has 3 amide bonds. The Morgan fingerprint density at radius 1 is 1.38 bits per heavy atom. The number of primary amides is 1. The van der Waals surface area contributed by atoms with Crippen molar-refractivity contribution in [1.29, 1.82) is 0 Å². The van der Waals surface area contributed by atoms with Crippen molar-refractivity contribution in [3.8, 4) is 0 Å². The van der Waals surface area contributed by atoms with Gasteiger partial charge in [-0.05, 0) is 37.2 Å². The predicted octanol–water partition coefficient (Wildman–Crippen LogP) is -0.700. The molecule has 1 aromatic heterocycles. The Kier molecular flexibility index (Phi) is 4.84. The van der Waals surface area contributed by atoms with Crippen LogP contribution in [0.2, 0.25) is 0 Å². The largest absolute Gasteiger partial charge is 0.361 e. The lowest BCUT2D eigenvalue weighted by atomic mass is 9.96.